The van der Waals surface area contributed by atoms with E-state index >= 15 is 0 Å². The van der Waals surface area contributed by atoms with Gasteiger partial charge in [0.15, 0.2) is 0 Å². The minimum absolute atomic E-state index is 0.0328. The largest absolute Gasteiger partial charge is 0.497 e. The lowest BCUT2D eigenvalue weighted by atomic mass is 10.3. The van der Waals surface area contributed by atoms with E-state index in [1.807, 2.05) is 6.92 Å². The number of carbonyl (C=O) groups is 2. The average molecular weight is 448 g/mol. The molecule has 0 radical (unpaired) electrons. The van der Waals surface area contributed by atoms with E-state index in [0.29, 0.717) is 17.4 Å². The van der Waals surface area contributed by atoms with Gasteiger partial charge in [0, 0.05) is 17.3 Å². The first-order chi connectivity index (χ1) is 14.7. The highest BCUT2D eigenvalue weighted by atomic mass is 32.2. The van der Waals surface area contributed by atoms with Gasteiger partial charge in [-0.2, -0.15) is 0 Å². The summed E-state index contributed by atoms with van der Waals surface area (Å²) in [5, 5.41) is 5.18. The molecule has 2 aromatic carbocycles. The first-order valence-corrected chi connectivity index (χ1v) is 11.1. The Kier molecular flexibility index (Phi) is 6.69. The first kappa shape index (κ1) is 22.4. The van der Waals surface area contributed by atoms with Gasteiger partial charge >= 0.3 is 0 Å². The lowest BCUT2D eigenvalue weighted by Crippen LogP contribution is -2.34. The van der Waals surface area contributed by atoms with Gasteiger partial charge in [-0.15, -0.1) is 0 Å². The van der Waals surface area contributed by atoms with Crippen molar-refractivity contribution in [2.24, 2.45) is 11.8 Å². The zero-order chi connectivity index (χ0) is 22.6. The van der Waals surface area contributed by atoms with Crippen molar-refractivity contribution in [1.82, 2.24) is 5.32 Å². The molecule has 3 N–H and O–H groups in total. The van der Waals surface area contributed by atoms with Gasteiger partial charge in [0.25, 0.3) is 10.0 Å². The van der Waals surface area contributed by atoms with Crippen LogP contribution < -0.4 is 24.8 Å². The smallest absolute Gasteiger partial charge is 0.265 e. The summed E-state index contributed by atoms with van der Waals surface area (Å²) in [6.45, 7) is 1.78. The highest BCUT2D eigenvalue weighted by molar-refractivity contribution is 7.92. The molecule has 166 valence electrons. The van der Waals surface area contributed by atoms with Crippen LogP contribution in [0, 0.1) is 11.8 Å². The molecule has 2 amide bonds. The van der Waals surface area contributed by atoms with Crippen molar-refractivity contribution in [3.8, 4) is 11.5 Å². The van der Waals surface area contributed by atoms with Crippen molar-refractivity contribution in [3.05, 3.63) is 42.5 Å². The van der Waals surface area contributed by atoms with Crippen molar-refractivity contribution in [2.45, 2.75) is 18.2 Å². The Hall–Kier alpha value is -3.27. The highest BCUT2D eigenvalue weighted by Gasteiger charge is 2.39. The second-order valence-electron chi connectivity index (χ2n) is 7.29. The molecule has 0 heterocycles. The van der Waals surface area contributed by atoms with E-state index in [2.05, 4.69) is 15.4 Å². The maximum absolute atomic E-state index is 12.9. The van der Waals surface area contributed by atoms with Gasteiger partial charge in [-0.05, 0) is 54.8 Å². The number of hydrogen-bond acceptors (Lipinski definition) is 6. The van der Waals surface area contributed by atoms with Gasteiger partial charge in [0.2, 0.25) is 11.8 Å². The molecule has 3 rings (SSSR count). The topological polar surface area (TPSA) is 123 Å². The van der Waals surface area contributed by atoms with Crippen LogP contribution in [0.4, 0.5) is 11.4 Å². The van der Waals surface area contributed by atoms with Crippen molar-refractivity contribution < 1.29 is 27.5 Å². The van der Waals surface area contributed by atoms with Gasteiger partial charge < -0.3 is 20.1 Å². The second-order valence-corrected chi connectivity index (χ2v) is 8.94. The Bertz CT molecular complexity index is 1070. The molecule has 9 nitrogen and oxygen atoms in total. The predicted octanol–water partition coefficient (Wildman–Crippen LogP) is 2.22. The number of hydrogen-bond donors (Lipinski definition) is 3. The van der Waals surface area contributed by atoms with E-state index in [-0.39, 0.29) is 34.7 Å². The summed E-state index contributed by atoms with van der Waals surface area (Å²) in [6.07, 6.45) is 0.828. The van der Waals surface area contributed by atoms with Crippen LogP contribution in [0.1, 0.15) is 13.3 Å². The molecule has 0 saturated heterocycles. The Morgan fingerprint density at radius 1 is 1.03 bits per heavy atom. The summed E-state index contributed by atoms with van der Waals surface area (Å²) in [4.78, 5) is 23.9. The van der Waals surface area contributed by atoms with Crippen LogP contribution in [0.25, 0.3) is 0 Å². The fourth-order valence-corrected chi connectivity index (χ4v) is 4.28. The van der Waals surface area contributed by atoms with Gasteiger partial charge in [0.1, 0.15) is 16.4 Å². The number of anilines is 2. The second kappa shape index (κ2) is 9.25. The fourth-order valence-electron chi connectivity index (χ4n) is 3.02. The van der Waals surface area contributed by atoms with Crippen LogP contribution in [0.3, 0.4) is 0 Å². The van der Waals surface area contributed by atoms with E-state index in [1.54, 1.807) is 24.3 Å². The maximum atomic E-state index is 12.9. The molecular formula is C21H25N3O6S. The van der Waals surface area contributed by atoms with E-state index in [4.69, 9.17) is 9.47 Å². The Balaban J connectivity index is 1.71. The summed E-state index contributed by atoms with van der Waals surface area (Å²) < 4.78 is 38.5. The standard InChI is InChI=1S/C21H25N3O6S/c1-13-10-17(13)21(26)22-12-20(25)23-15-6-9-18(30-3)19(11-15)31(27,28)24-14-4-7-16(29-2)8-5-14/h4-9,11,13,17,24H,10,12H2,1-3H3,(H,22,26)(H,23,25). The van der Waals surface area contributed by atoms with Crippen molar-refractivity contribution in [1.29, 1.82) is 0 Å². The van der Waals surface area contributed by atoms with Crippen molar-refractivity contribution >= 4 is 33.2 Å². The van der Waals surface area contributed by atoms with Crippen LogP contribution in [-0.4, -0.2) is 41.0 Å². The minimum Gasteiger partial charge on any atom is -0.497 e. The Labute approximate surface area is 181 Å². The summed E-state index contributed by atoms with van der Waals surface area (Å²) in [5.74, 6) is 0.413. The van der Waals surface area contributed by atoms with Crippen LogP contribution in [0.2, 0.25) is 0 Å². The third-order valence-corrected chi connectivity index (χ3v) is 6.35. The summed E-state index contributed by atoms with van der Waals surface area (Å²) in [7, 11) is -1.13. The highest BCUT2D eigenvalue weighted by Crippen LogP contribution is 2.37. The molecule has 1 fully saturated rings. The van der Waals surface area contributed by atoms with Crippen LogP contribution >= 0.6 is 0 Å². The van der Waals surface area contributed by atoms with E-state index in [0.717, 1.165) is 6.42 Å². The van der Waals surface area contributed by atoms with E-state index in [9.17, 15) is 18.0 Å². The summed E-state index contributed by atoms with van der Waals surface area (Å²) in [5.41, 5.74) is 0.601. The number of ether oxygens (including phenoxy) is 2. The molecule has 1 saturated carbocycles. The molecule has 0 bridgehead atoms. The number of carbonyl (C=O) groups excluding carboxylic acids is 2. The SMILES string of the molecule is COc1ccc(NS(=O)(=O)c2cc(NC(=O)CNC(=O)C3CC3C)ccc2OC)cc1. The third kappa shape index (κ3) is 5.66. The maximum Gasteiger partial charge on any atom is 0.265 e. The molecule has 1 aliphatic carbocycles. The molecule has 0 aromatic heterocycles. The first-order valence-electron chi connectivity index (χ1n) is 9.66. The number of sulfonamides is 1. The number of rotatable bonds is 9. The number of nitrogens with one attached hydrogen (secondary N) is 3. The molecule has 0 spiro atoms. The van der Waals surface area contributed by atoms with E-state index in [1.165, 1.54) is 32.4 Å². The zero-order valence-corrected chi connectivity index (χ0v) is 18.3. The van der Waals surface area contributed by atoms with Gasteiger partial charge in [-0.3, -0.25) is 14.3 Å². The lowest BCUT2D eigenvalue weighted by Gasteiger charge is -2.14. The van der Waals surface area contributed by atoms with Crippen molar-refractivity contribution in [3.63, 3.8) is 0 Å². The summed E-state index contributed by atoms with van der Waals surface area (Å²) >= 11 is 0. The lowest BCUT2D eigenvalue weighted by molar-refractivity contribution is -0.125. The third-order valence-electron chi connectivity index (χ3n) is 4.95. The molecule has 2 atom stereocenters. The zero-order valence-electron chi connectivity index (χ0n) is 17.5. The number of methoxy groups -OCH3 is 2. The predicted molar refractivity (Wildman–Crippen MR) is 116 cm³/mol. The molecular weight excluding hydrogens is 422 g/mol. The van der Waals surface area contributed by atoms with Gasteiger partial charge in [-0.1, -0.05) is 6.92 Å². The Morgan fingerprint density at radius 2 is 1.68 bits per heavy atom. The van der Waals surface area contributed by atoms with E-state index < -0.39 is 15.9 Å². The van der Waals surface area contributed by atoms with Gasteiger partial charge in [0.05, 0.1) is 20.8 Å². The normalized spacial score (nSPS) is 17.4. The fraction of sp³-hybridized carbons (Fsp3) is 0.333. The van der Waals surface area contributed by atoms with Crippen molar-refractivity contribution in [2.75, 3.05) is 30.8 Å². The Morgan fingerprint density at radius 3 is 2.26 bits per heavy atom. The molecule has 0 aliphatic heterocycles. The molecule has 2 unspecified atom stereocenters. The molecule has 1 aliphatic rings. The quantitative estimate of drug-likeness (QED) is 0.542. The number of amides is 2. The van der Waals surface area contributed by atoms with Gasteiger partial charge in [-0.25, -0.2) is 8.42 Å². The number of benzene rings is 2. The van der Waals surface area contributed by atoms with Crippen LogP contribution in [-0.2, 0) is 19.6 Å². The van der Waals surface area contributed by atoms with Crippen LogP contribution in [0.5, 0.6) is 11.5 Å². The minimum atomic E-state index is -4.01. The molecule has 31 heavy (non-hydrogen) atoms. The average Bonchev–Trinajstić information content (AvgIpc) is 3.49. The molecule has 2 aromatic rings. The van der Waals surface area contributed by atoms with Crippen LogP contribution in [0.15, 0.2) is 47.4 Å². The summed E-state index contributed by atoms with van der Waals surface area (Å²) in [6, 6.07) is 10.7. The monoisotopic (exact) mass is 447 g/mol. The molecule has 10 heteroatoms.